The van der Waals surface area contributed by atoms with E-state index in [2.05, 4.69) is 17.4 Å². The summed E-state index contributed by atoms with van der Waals surface area (Å²) in [4.78, 5) is 0. The lowest BCUT2D eigenvalue weighted by Crippen LogP contribution is -2.12. The van der Waals surface area contributed by atoms with Crippen LogP contribution in [-0.4, -0.2) is 6.54 Å². The molecule has 1 unspecified atom stereocenters. The van der Waals surface area contributed by atoms with Crippen LogP contribution in [0.15, 0.2) is 36.4 Å². The van der Waals surface area contributed by atoms with Gasteiger partial charge in [-0.15, -0.1) is 0 Å². The number of fused-ring (bicyclic) bond motifs is 1. The first-order chi connectivity index (χ1) is 7.83. The molecule has 2 aromatic carbocycles. The second-order valence-corrected chi connectivity index (χ2v) is 4.40. The van der Waals surface area contributed by atoms with Crippen molar-refractivity contribution in [3.8, 4) is 0 Å². The molecule has 82 valence electrons. The van der Waals surface area contributed by atoms with Crippen molar-refractivity contribution < 1.29 is 4.39 Å². The van der Waals surface area contributed by atoms with Crippen molar-refractivity contribution in [1.29, 1.82) is 0 Å². The van der Waals surface area contributed by atoms with Gasteiger partial charge in [-0.3, -0.25) is 0 Å². The van der Waals surface area contributed by atoms with Gasteiger partial charge in [0.05, 0.1) is 0 Å². The zero-order valence-electron chi connectivity index (χ0n) is 9.04. The van der Waals surface area contributed by atoms with E-state index in [0.29, 0.717) is 6.04 Å². The summed E-state index contributed by atoms with van der Waals surface area (Å²) in [6.45, 7) is 1.10. The Morgan fingerprint density at radius 1 is 1.06 bits per heavy atom. The molecule has 0 bridgehead atoms. The molecule has 0 radical (unpaired) electrons. The van der Waals surface area contributed by atoms with Crippen LogP contribution in [0.2, 0.25) is 0 Å². The molecule has 0 saturated carbocycles. The minimum atomic E-state index is -0.167. The molecule has 1 aliphatic rings. The molecule has 16 heavy (non-hydrogen) atoms. The van der Waals surface area contributed by atoms with E-state index < -0.39 is 0 Å². The van der Waals surface area contributed by atoms with Crippen molar-refractivity contribution in [3.63, 3.8) is 0 Å². The van der Waals surface area contributed by atoms with Crippen LogP contribution in [-0.2, 0) is 0 Å². The van der Waals surface area contributed by atoms with E-state index in [1.165, 1.54) is 24.5 Å². The minimum absolute atomic E-state index is 0.167. The molecule has 1 heterocycles. The molecule has 0 aromatic heterocycles. The highest BCUT2D eigenvalue weighted by Crippen LogP contribution is 2.26. The van der Waals surface area contributed by atoms with E-state index in [-0.39, 0.29) is 5.82 Å². The Labute approximate surface area is 94.3 Å². The molecule has 1 saturated heterocycles. The lowest BCUT2D eigenvalue weighted by molar-refractivity contribution is 0.629. The monoisotopic (exact) mass is 215 g/mol. The Morgan fingerprint density at radius 3 is 2.69 bits per heavy atom. The zero-order valence-corrected chi connectivity index (χ0v) is 9.04. The standard InChI is InChI=1S/C14H14FN/c15-13-6-5-10-8-12(4-3-11(10)9-13)14-2-1-7-16-14/h3-6,8-9,14,16H,1-2,7H2. The van der Waals surface area contributed by atoms with E-state index >= 15 is 0 Å². The van der Waals surface area contributed by atoms with E-state index in [9.17, 15) is 4.39 Å². The Balaban J connectivity index is 2.05. The molecule has 2 heteroatoms. The van der Waals surface area contributed by atoms with Gasteiger partial charge in [0.2, 0.25) is 0 Å². The fourth-order valence-electron chi connectivity index (χ4n) is 2.42. The maximum absolute atomic E-state index is 13.0. The molecule has 1 nitrogen and oxygen atoms in total. The number of nitrogens with one attached hydrogen (secondary N) is 1. The van der Waals surface area contributed by atoms with Crippen LogP contribution in [0.25, 0.3) is 10.8 Å². The highest BCUT2D eigenvalue weighted by Gasteiger charge is 2.15. The highest BCUT2D eigenvalue weighted by atomic mass is 19.1. The Bertz CT molecular complexity index is 515. The van der Waals surface area contributed by atoms with Gasteiger partial charge in [-0.25, -0.2) is 4.39 Å². The van der Waals surface area contributed by atoms with Crippen LogP contribution in [0.1, 0.15) is 24.4 Å². The average Bonchev–Trinajstić information content (AvgIpc) is 2.82. The summed E-state index contributed by atoms with van der Waals surface area (Å²) in [5, 5.41) is 5.57. The van der Waals surface area contributed by atoms with Crippen LogP contribution < -0.4 is 5.32 Å². The fraction of sp³-hybridized carbons (Fsp3) is 0.286. The quantitative estimate of drug-likeness (QED) is 0.768. The van der Waals surface area contributed by atoms with Crippen LogP contribution in [0.4, 0.5) is 4.39 Å². The number of hydrogen-bond acceptors (Lipinski definition) is 1. The predicted octanol–water partition coefficient (Wildman–Crippen LogP) is 3.40. The molecular formula is C14H14FN. The maximum atomic E-state index is 13.0. The van der Waals surface area contributed by atoms with Crippen LogP contribution >= 0.6 is 0 Å². The molecule has 1 fully saturated rings. The third kappa shape index (κ3) is 1.69. The first-order valence-corrected chi connectivity index (χ1v) is 5.75. The summed E-state index contributed by atoms with van der Waals surface area (Å²) in [6.07, 6.45) is 2.44. The molecule has 1 atom stereocenters. The van der Waals surface area contributed by atoms with Crippen molar-refractivity contribution in [2.45, 2.75) is 18.9 Å². The largest absolute Gasteiger partial charge is 0.310 e. The molecular weight excluding hydrogens is 201 g/mol. The number of halogens is 1. The van der Waals surface area contributed by atoms with Crippen molar-refractivity contribution in [3.05, 3.63) is 47.8 Å². The smallest absolute Gasteiger partial charge is 0.123 e. The number of hydrogen-bond donors (Lipinski definition) is 1. The van der Waals surface area contributed by atoms with Gasteiger partial charge in [0.25, 0.3) is 0 Å². The number of benzene rings is 2. The van der Waals surface area contributed by atoms with Gasteiger partial charge >= 0.3 is 0 Å². The summed E-state index contributed by atoms with van der Waals surface area (Å²) in [7, 11) is 0. The Kier molecular flexibility index (Phi) is 2.37. The third-order valence-corrected chi connectivity index (χ3v) is 3.29. The van der Waals surface area contributed by atoms with Gasteiger partial charge in [-0.1, -0.05) is 18.2 Å². The summed E-state index contributed by atoms with van der Waals surface area (Å²) >= 11 is 0. The molecule has 0 amide bonds. The second kappa shape index (κ2) is 3.87. The van der Waals surface area contributed by atoms with Crippen molar-refractivity contribution >= 4 is 10.8 Å². The second-order valence-electron chi connectivity index (χ2n) is 4.40. The van der Waals surface area contributed by atoms with Crippen LogP contribution in [0.5, 0.6) is 0 Å². The van der Waals surface area contributed by atoms with E-state index in [1.807, 2.05) is 12.1 Å². The number of rotatable bonds is 1. The van der Waals surface area contributed by atoms with E-state index in [0.717, 1.165) is 17.3 Å². The van der Waals surface area contributed by atoms with Crippen molar-refractivity contribution in [2.24, 2.45) is 0 Å². The van der Waals surface area contributed by atoms with Crippen molar-refractivity contribution in [2.75, 3.05) is 6.54 Å². The van der Waals surface area contributed by atoms with Crippen molar-refractivity contribution in [1.82, 2.24) is 5.32 Å². The lowest BCUT2D eigenvalue weighted by atomic mass is 10.0. The molecule has 3 rings (SSSR count). The normalized spacial score (nSPS) is 20.4. The lowest BCUT2D eigenvalue weighted by Gasteiger charge is -2.11. The fourth-order valence-corrected chi connectivity index (χ4v) is 2.42. The topological polar surface area (TPSA) is 12.0 Å². The summed E-state index contributed by atoms with van der Waals surface area (Å²) in [5.41, 5.74) is 1.32. The summed E-state index contributed by atoms with van der Waals surface area (Å²) in [5.74, 6) is -0.167. The van der Waals surface area contributed by atoms with Crippen LogP contribution in [0.3, 0.4) is 0 Å². The van der Waals surface area contributed by atoms with E-state index in [1.54, 1.807) is 6.07 Å². The zero-order chi connectivity index (χ0) is 11.0. The van der Waals surface area contributed by atoms with Gasteiger partial charge in [-0.05, 0) is 53.9 Å². The maximum Gasteiger partial charge on any atom is 0.123 e. The highest BCUT2D eigenvalue weighted by molar-refractivity contribution is 5.83. The first-order valence-electron chi connectivity index (χ1n) is 5.75. The molecule has 0 spiro atoms. The SMILES string of the molecule is Fc1ccc2cc(C3CCCN3)ccc2c1. The molecule has 1 N–H and O–H groups in total. The Hall–Kier alpha value is -1.41. The molecule has 1 aliphatic heterocycles. The molecule has 2 aromatic rings. The van der Waals surface area contributed by atoms with Crippen LogP contribution in [0, 0.1) is 5.82 Å². The summed E-state index contributed by atoms with van der Waals surface area (Å²) in [6, 6.07) is 11.7. The third-order valence-electron chi connectivity index (χ3n) is 3.29. The van der Waals surface area contributed by atoms with Gasteiger partial charge in [-0.2, -0.15) is 0 Å². The average molecular weight is 215 g/mol. The summed E-state index contributed by atoms with van der Waals surface area (Å²) < 4.78 is 13.0. The Morgan fingerprint density at radius 2 is 1.88 bits per heavy atom. The van der Waals surface area contributed by atoms with Gasteiger partial charge in [0.1, 0.15) is 5.82 Å². The minimum Gasteiger partial charge on any atom is -0.310 e. The van der Waals surface area contributed by atoms with E-state index in [4.69, 9.17) is 0 Å². The first kappa shape index (κ1) is 9.79. The van der Waals surface area contributed by atoms with Gasteiger partial charge < -0.3 is 5.32 Å². The molecule has 0 aliphatic carbocycles. The van der Waals surface area contributed by atoms with Gasteiger partial charge in [0.15, 0.2) is 0 Å². The van der Waals surface area contributed by atoms with Gasteiger partial charge in [0, 0.05) is 6.04 Å². The predicted molar refractivity (Wildman–Crippen MR) is 63.9 cm³/mol.